The number of hydrogen-bond donors (Lipinski definition) is 0. The van der Waals surface area contributed by atoms with Crippen LogP contribution >= 0.6 is 0 Å². The van der Waals surface area contributed by atoms with E-state index in [1.807, 2.05) is 42.5 Å². The third-order valence-electron chi connectivity index (χ3n) is 3.58. The maximum absolute atomic E-state index is 12.1. The second kappa shape index (κ2) is 7.93. The molecule has 0 aliphatic heterocycles. The second-order valence-electron chi connectivity index (χ2n) is 5.32. The van der Waals surface area contributed by atoms with Crippen molar-refractivity contribution in [2.75, 3.05) is 6.61 Å². The Bertz CT molecular complexity index is 840. The molecule has 0 heterocycles. The number of carbonyl (C=O) groups excluding carboxylic acids is 2. The summed E-state index contributed by atoms with van der Waals surface area (Å²) >= 11 is 0. The Morgan fingerprint density at radius 2 is 1.24 bits per heavy atom. The molecule has 0 aliphatic carbocycles. The van der Waals surface area contributed by atoms with E-state index in [1.165, 1.54) is 0 Å². The normalized spacial score (nSPS) is 10.1. The van der Waals surface area contributed by atoms with Gasteiger partial charge in [-0.25, -0.2) is 4.79 Å². The number of hydrogen-bond acceptors (Lipinski definition) is 4. The third kappa shape index (κ3) is 4.54. The summed E-state index contributed by atoms with van der Waals surface area (Å²) < 4.78 is 9.83. The standard InChI is InChI=1S/C21H16O4/c22-20(15-24-21(23)25-19-9-5-2-6-10-19)18-13-11-17(12-14-18)16-7-3-1-4-8-16/h1-14H,15H2. The smallest absolute Gasteiger partial charge is 0.426 e. The molecule has 0 saturated carbocycles. The van der Waals surface area contributed by atoms with Gasteiger partial charge >= 0.3 is 6.16 Å². The van der Waals surface area contributed by atoms with Crippen LogP contribution in [0.4, 0.5) is 4.79 Å². The minimum atomic E-state index is -0.902. The summed E-state index contributed by atoms with van der Waals surface area (Å²) in [5.41, 5.74) is 2.57. The van der Waals surface area contributed by atoms with Crippen LogP contribution in [0.25, 0.3) is 11.1 Å². The molecule has 3 aromatic carbocycles. The van der Waals surface area contributed by atoms with Crippen LogP contribution in [0.2, 0.25) is 0 Å². The van der Waals surface area contributed by atoms with Gasteiger partial charge in [0.05, 0.1) is 0 Å². The first-order valence-electron chi connectivity index (χ1n) is 7.81. The summed E-state index contributed by atoms with van der Waals surface area (Å²) in [6.45, 7) is -0.365. The first kappa shape index (κ1) is 16.5. The van der Waals surface area contributed by atoms with Crippen molar-refractivity contribution in [3.8, 4) is 16.9 Å². The van der Waals surface area contributed by atoms with Crippen LogP contribution in [-0.4, -0.2) is 18.5 Å². The highest BCUT2D eigenvalue weighted by molar-refractivity contribution is 5.98. The van der Waals surface area contributed by atoms with Crippen molar-refractivity contribution in [1.29, 1.82) is 0 Å². The van der Waals surface area contributed by atoms with Crippen LogP contribution in [0.15, 0.2) is 84.9 Å². The van der Waals surface area contributed by atoms with E-state index in [-0.39, 0.29) is 12.4 Å². The fourth-order valence-electron chi connectivity index (χ4n) is 2.30. The highest BCUT2D eigenvalue weighted by atomic mass is 16.7. The molecule has 0 spiro atoms. The lowest BCUT2D eigenvalue weighted by Gasteiger charge is -2.06. The fourth-order valence-corrected chi connectivity index (χ4v) is 2.30. The van der Waals surface area contributed by atoms with Crippen LogP contribution < -0.4 is 4.74 Å². The summed E-state index contributed by atoms with van der Waals surface area (Å²) in [7, 11) is 0. The molecular formula is C21H16O4. The average Bonchev–Trinajstić information content (AvgIpc) is 2.68. The Morgan fingerprint density at radius 1 is 0.680 bits per heavy atom. The van der Waals surface area contributed by atoms with Crippen LogP contribution in [0, 0.1) is 0 Å². The van der Waals surface area contributed by atoms with Gasteiger partial charge in [-0.2, -0.15) is 0 Å². The van der Waals surface area contributed by atoms with Gasteiger partial charge in [-0.3, -0.25) is 4.79 Å². The molecule has 0 aliphatic rings. The number of ketones is 1. The van der Waals surface area contributed by atoms with Crippen LogP contribution in [0.5, 0.6) is 5.75 Å². The number of carbonyl (C=O) groups is 2. The van der Waals surface area contributed by atoms with E-state index in [0.717, 1.165) is 11.1 Å². The Hall–Kier alpha value is -3.40. The van der Waals surface area contributed by atoms with Crippen LogP contribution in [0.3, 0.4) is 0 Å². The monoisotopic (exact) mass is 332 g/mol. The van der Waals surface area contributed by atoms with Crippen molar-refractivity contribution in [2.24, 2.45) is 0 Å². The van der Waals surface area contributed by atoms with Crippen LogP contribution in [-0.2, 0) is 4.74 Å². The summed E-state index contributed by atoms with van der Waals surface area (Å²) in [4.78, 5) is 23.7. The average molecular weight is 332 g/mol. The topological polar surface area (TPSA) is 52.6 Å². The molecule has 0 bridgehead atoms. The lowest BCUT2D eigenvalue weighted by atomic mass is 10.0. The molecule has 0 fully saturated rings. The zero-order valence-corrected chi connectivity index (χ0v) is 13.4. The van der Waals surface area contributed by atoms with Crippen molar-refractivity contribution in [2.45, 2.75) is 0 Å². The van der Waals surface area contributed by atoms with Crippen molar-refractivity contribution < 1.29 is 19.1 Å². The van der Waals surface area contributed by atoms with E-state index in [9.17, 15) is 9.59 Å². The lowest BCUT2D eigenvalue weighted by molar-refractivity contribution is 0.0734. The minimum Gasteiger partial charge on any atom is -0.426 e. The maximum Gasteiger partial charge on any atom is 0.514 e. The van der Waals surface area contributed by atoms with E-state index in [1.54, 1.807) is 42.5 Å². The van der Waals surface area contributed by atoms with Gasteiger partial charge in [0.15, 0.2) is 12.4 Å². The molecule has 25 heavy (non-hydrogen) atoms. The van der Waals surface area contributed by atoms with Crippen molar-refractivity contribution in [3.05, 3.63) is 90.5 Å². The predicted molar refractivity (Wildman–Crippen MR) is 94.6 cm³/mol. The molecular weight excluding hydrogens is 316 g/mol. The molecule has 4 nitrogen and oxygen atoms in total. The number of para-hydroxylation sites is 1. The highest BCUT2D eigenvalue weighted by Gasteiger charge is 2.11. The molecule has 0 atom stereocenters. The first-order chi connectivity index (χ1) is 12.2. The molecule has 0 unspecified atom stereocenters. The Kier molecular flexibility index (Phi) is 5.22. The van der Waals surface area contributed by atoms with Gasteiger partial charge in [0.1, 0.15) is 5.75 Å². The molecule has 3 aromatic rings. The number of benzene rings is 3. The highest BCUT2D eigenvalue weighted by Crippen LogP contribution is 2.19. The Balaban J connectivity index is 1.55. The van der Waals surface area contributed by atoms with Crippen LogP contribution in [0.1, 0.15) is 10.4 Å². The number of ether oxygens (including phenoxy) is 2. The molecule has 0 N–H and O–H groups in total. The van der Waals surface area contributed by atoms with Crippen molar-refractivity contribution >= 4 is 11.9 Å². The minimum absolute atomic E-state index is 0.287. The second-order valence-corrected chi connectivity index (χ2v) is 5.32. The zero-order chi connectivity index (χ0) is 17.5. The van der Waals surface area contributed by atoms with Crippen molar-refractivity contribution in [3.63, 3.8) is 0 Å². The summed E-state index contributed by atoms with van der Waals surface area (Å²) in [6, 6.07) is 25.6. The van der Waals surface area contributed by atoms with Gasteiger partial charge in [-0.15, -0.1) is 0 Å². The lowest BCUT2D eigenvalue weighted by Crippen LogP contribution is -2.17. The van der Waals surface area contributed by atoms with Crippen molar-refractivity contribution in [1.82, 2.24) is 0 Å². The summed E-state index contributed by atoms with van der Waals surface area (Å²) in [5, 5.41) is 0. The predicted octanol–water partition coefficient (Wildman–Crippen LogP) is 4.75. The zero-order valence-electron chi connectivity index (χ0n) is 13.4. The Labute approximate surface area is 145 Å². The molecule has 0 amide bonds. The van der Waals surface area contributed by atoms with Gasteiger partial charge in [-0.05, 0) is 23.3 Å². The Morgan fingerprint density at radius 3 is 1.88 bits per heavy atom. The molecule has 0 saturated heterocycles. The third-order valence-corrected chi connectivity index (χ3v) is 3.58. The first-order valence-corrected chi connectivity index (χ1v) is 7.81. The van der Waals surface area contributed by atoms with E-state index in [0.29, 0.717) is 11.3 Å². The van der Waals surface area contributed by atoms with Gasteiger partial charge in [-0.1, -0.05) is 72.8 Å². The maximum atomic E-state index is 12.1. The van der Waals surface area contributed by atoms with E-state index < -0.39 is 6.16 Å². The SMILES string of the molecule is O=C(OCC(=O)c1ccc(-c2ccccc2)cc1)Oc1ccccc1. The fraction of sp³-hybridized carbons (Fsp3) is 0.0476. The number of rotatable bonds is 5. The largest absolute Gasteiger partial charge is 0.514 e. The van der Waals surface area contributed by atoms with E-state index in [2.05, 4.69) is 0 Å². The molecule has 3 rings (SSSR count). The van der Waals surface area contributed by atoms with Gasteiger partial charge in [0.25, 0.3) is 0 Å². The molecule has 124 valence electrons. The molecule has 0 aromatic heterocycles. The van der Waals surface area contributed by atoms with Gasteiger partial charge in [0, 0.05) is 5.56 Å². The molecule has 0 radical (unpaired) electrons. The van der Waals surface area contributed by atoms with E-state index >= 15 is 0 Å². The summed E-state index contributed by atoms with van der Waals surface area (Å²) in [6.07, 6.45) is -0.902. The van der Waals surface area contributed by atoms with E-state index in [4.69, 9.17) is 9.47 Å². The van der Waals surface area contributed by atoms with Gasteiger partial charge in [0.2, 0.25) is 0 Å². The van der Waals surface area contributed by atoms with Gasteiger partial charge < -0.3 is 9.47 Å². The number of Topliss-reactive ketones (excluding diaryl/α,β-unsaturated/α-hetero) is 1. The summed E-state index contributed by atoms with van der Waals surface area (Å²) in [5.74, 6) is 0.0804. The molecule has 4 heteroatoms. The quantitative estimate of drug-likeness (QED) is 0.384.